The molecular formula is C24H17BrClFN2O3. The second kappa shape index (κ2) is 10.8. The Morgan fingerprint density at radius 2 is 1.84 bits per heavy atom. The van der Waals surface area contributed by atoms with Gasteiger partial charge in [-0.25, -0.2) is 4.39 Å². The molecule has 1 amide bonds. The first kappa shape index (κ1) is 23.3. The van der Waals surface area contributed by atoms with Gasteiger partial charge in [0.15, 0.2) is 11.5 Å². The van der Waals surface area contributed by atoms with Gasteiger partial charge in [0.05, 0.1) is 7.11 Å². The van der Waals surface area contributed by atoms with Crippen molar-refractivity contribution in [2.24, 2.45) is 0 Å². The lowest BCUT2D eigenvalue weighted by Crippen LogP contribution is -2.13. The van der Waals surface area contributed by atoms with Crippen molar-refractivity contribution in [1.29, 1.82) is 5.26 Å². The van der Waals surface area contributed by atoms with E-state index in [9.17, 15) is 14.4 Å². The van der Waals surface area contributed by atoms with Crippen LogP contribution in [0.3, 0.4) is 0 Å². The Morgan fingerprint density at radius 3 is 2.47 bits per heavy atom. The molecule has 0 aliphatic rings. The van der Waals surface area contributed by atoms with E-state index in [1.807, 2.05) is 6.07 Å². The molecule has 162 valence electrons. The Balaban J connectivity index is 1.80. The SMILES string of the molecule is COc1cc(/C=C(/C#N)C(=O)Nc2ccc(Cl)cc2)c(Br)cc1OCc1ccc(F)cc1. The average molecular weight is 516 g/mol. The van der Waals surface area contributed by atoms with Crippen molar-refractivity contribution in [1.82, 2.24) is 0 Å². The summed E-state index contributed by atoms with van der Waals surface area (Å²) in [5.74, 6) is -0.0159. The molecule has 3 rings (SSSR count). The number of hydrogen-bond acceptors (Lipinski definition) is 4. The van der Waals surface area contributed by atoms with Gasteiger partial charge < -0.3 is 14.8 Å². The number of anilines is 1. The summed E-state index contributed by atoms with van der Waals surface area (Å²) in [7, 11) is 1.49. The third-order valence-corrected chi connectivity index (χ3v) is 5.30. The Labute approximate surface area is 198 Å². The van der Waals surface area contributed by atoms with Crippen molar-refractivity contribution in [3.63, 3.8) is 0 Å². The quantitative estimate of drug-likeness (QED) is 0.293. The van der Waals surface area contributed by atoms with Gasteiger partial charge in [0.25, 0.3) is 5.91 Å². The molecular weight excluding hydrogens is 499 g/mol. The van der Waals surface area contributed by atoms with Crippen LogP contribution >= 0.6 is 27.5 Å². The summed E-state index contributed by atoms with van der Waals surface area (Å²) in [4.78, 5) is 12.5. The number of nitriles is 1. The molecule has 0 aliphatic heterocycles. The molecule has 0 bridgehead atoms. The van der Waals surface area contributed by atoms with Gasteiger partial charge in [0, 0.05) is 15.2 Å². The fraction of sp³-hybridized carbons (Fsp3) is 0.0833. The second-order valence-corrected chi connectivity index (χ2v) is 7.86. The predicted molar refractivity (Wildman–Crippen MR) is 125 cm³/mol. The van der Waals surface area contributed by atoms with Crippen LogP contribution in [0.2, 0.25) is 5.02 Å². The van der Waals surface area contributed by atoms with Crippen molar-refractivity contribution >= 4 is 45.2 Å². The Morgan fingerprint density at radius 1 is 1.16 bits per heavy atom. The Bertz CT molecular complexity index is 1190. The maximum absolute atomic E-state index is 13.1. The monoisotopic (exact) mass is 514 g/mol. The molecule has 5 nitrogen and oxygen atoms in total. The summed E-state index contributed by atoms with van der Waals surface area (Å²) in [6, 6.07) is 17.8. The number of benzene rings is 3. The van der Waals surface area contributed by atoms with Crippen LogP contribution in [0.1, 0.15) is 11.1 Å². The number of hydrogen-bond donors (Lipinski definition) is 1. The van der Waals surface area contributed by atoms with Crippen molar-refractivity contribution in [3.8, 4) is 17.6 Å². The van der Waals surface area contributed by atoms with Gasteiger partial charge in [-0.3, -0.25) is 4.79 Å². The van der Waals surface area contributed by atoms with Gasteiger partial charge in [0.1, 0.15) is 24.1 Å². The minimum Gasteiger partial charge on any atom is -0.493 e. The fourth-order valence-corrected chi connectivity index (χ4v) is 3.27. The summed E-state index contributed by atoms with van der Waals surface area (Å²) >= 11 is 9.29. The third kappa shape index (κ3) is 6.10. The maximum atomic E-state index is 13.1. The minimum atomic E-state index is -0.558. The largest absolute Gasteiger partial charge is 0.493 e. The first-order valence-electron chi connectivity index (χ1n) is 9.33. The van der Waals surface area contributed by atoms with Crippen molar-refractivity contribution < 1.29 is 18.7 Å². The lowest BCUT2D eigenvalue weighted by atomic mass is 10.1. The normalized spacial score (nSPS) is 10.9. The van der Waals surface area contributed by atoms with Crippen molar-refractivity contribution in [2.75, 3.05) is 12.4 Å². The molecule has 1 N–H and O–H groups in total. The first-order valence-corrected chi connectivity index (χ1v) is 10.5. The molecule has 0 aliphatic carbocycles. The number of rotatable bonds is 7. The van der Waals surface area contributed by atoms with E-state index >= 15 is 0 Å². The summed E-state index contributed by atoms with van der Waals surface area (Å²) in [5, 5.41) is 12.7. The first-order chi connectivity index (χ1) is 15.4. The molecule has 3 aromatic carbocycles. The predicted octanol–water partition coefficient (Wildman–Crippen LogP) is 6.37. The number of nitrogens with zero attached hydrogens (tertiary/aromatic N) is 1. The van der Waals surface area contributed by atoms with Gasteiger partial charge in [-0.1, -0.05) is 39.7 Å². The molecule has 0 atom stereocenters. The van der Waals surface area contributed by atoms with Crippen molar-refractivity contribution in [3.05, 3.63) is 92.7 Å². The van der Waals surface area contributed by atoms with E-state index in [2.05, 4.69) is 21.2 Å². The van der Waals surface area contributed by atoms with E-state index in [0.29, 0.717) is 32.2 Å². The minimum absolute atomic E-state index is 0.0947. The van der Waals surface area contributed by atoms with Crippen molar-refractivity contribution in [2.45, 2.75) is 6.61 Å². The Hall–Kier alpha value is -3.34. The highest BCUT2D eigenvalue weighted by Crippen LogP contribution is 2.35. The molecule has 0 saturated carbocycles. The maximum Gasteiger partial charge on any atom is 0.266 e. The highest BCUT2D eigenvalue weighted by atomic mass is 79.9. The Kier molecular flexibility index (Phi) is 7.87. The highest BCUT2D eigenvalue weighted by Gasteiger charge is 2.14. The molecule has 0 fully saturated rings. The topological polar surface area (TPSA) is 71.3 Å². The summed E-state index contributed by atoms with van der Waals surface area (Å²) < 4.78 is 24.9. The van der Waals surface area contributed by atoms with Crippen LogP contribution in [0.5, 0.6) is 11.5 Å². The summed E-state index contributed by atoms with van der Waals surface area (Å²) in [5.41, 5.74) is 1.77. The zero-order valence-electron chi connectivity index (χ0n) is 16.9. The van der Waals surface area contributed by atoms with Crippen LogP contribution in [-0.2, 0) is 11.4 Å². The fourth-order valence-electron chi connectivity index (χ4n) is 2.71. The van der Waals surface area contributed by atoms with E-state index < -0.39 is 5.91 Å². The van der Waals surface area contributed by atoms with E-state index in [1.165, 1.54) is 25.3 Å². The number of nitrogens with one attached hydrogen (secondary N) is 1. The second-order valence-electron chi connectivity index (χ2n) is 6.57. The molecule has 0 unspecified atom stereocenters. The lowest BCUT2D eigenvalue weighted by Gasteiger charge is -2.13. The van der Waals surface area contributed by atoms with Crippen LogP contribution in [0.15, 0.2) is 70.7 Å². The number of methoxy groups -OCH3 is 1. The number of halogens is 3. The van der Waals surface area contributed by atoms with Gasteiger partial charge >= 0.3 is 0 Å². The van der Waals surface area contributed by atoms with Gasteiger partial charge in [-0.05, 0) is 65.7 Å². The van der Waals surface area contributed by atoms with Crippen LogP contribution in [0, 0.1) is 17.1 Å². The molecule has 32 heavy (non-hydrogen) atoms. The molecule has 0 heterocycles. The van der Waals surface area contributed by atoms with Crippen LogP contribution < -0.4 is 14.8 Å². The smallest absolute Gasteiger partial charge is 0.266 e. The van der Waals surface area contributed by atoms with Gasteiger partial charge in [-0.2, -0.15) is 5.26 Å². The number of carbonyl (C=O) groups is 1. The molecule has 0 saturated heterocycles. The lowest BCUT2D eigenvalue weighted by molar-refractivity contribution is -0.112. The van der Waals surface area contributed by atoms with E-state index in [1.54, 1.807) is 48.5 Å². The van der Waals surface area contributed by atoms with Gasteiger partial charge in [-0.15, -0.1) is 0 Å². The number of ether oxygens (including phenoxy) is 2. The summed E-state index contributed by atoms with van der Waals surface area (Å²) in [6.07, 6.45) is 1.45. The highest BCUT2D eigenvalue weighted by molar-refractivity contribution is 9.10. The number of carbonyl (C=O) groups excluding carboxylic acids is 1. The van der Waals surface area contributed by atoms with Crippen LogP contribution in [0.25, 0.3) is 6.08 Å². The zero-order chi connectivity index (χ0) is 23.1. The molecule has 3 aromatic rings. The van der Waals surface area contributed by atoms with Crippen LogP contribution in [0.4, 0.5) is 10.1 Å². The zero-order valence-corrected chi connectivity index (χ0v) is 19.2. The number of amides is 1. The molecule has 8 heteroatoms. The van der Waals surface area contributed by atoms with Crippen LogP contribution in [-0.4, -0.2) is 13.0 Å². The average Bonchev–Trinajstić information content (AvgIpc) is 2.79. The standard InChI is InChI=1S/C24H17BrClFN2O3/c1-31-22-11-16(10-17(13-28)24(30)29-20-8-4-18(26)5-9-20)21(25)12-23(22)32-14-15-2-6-19(27)7-3-15/h2-12H,14H2,1H3,(H,29,30)/b17-10-. The molecule has 0 radical (unpaired) electrons. The van der Waals surface area contributed by atoms with E-state index in [4.69, 9.17) is 21.1 Å². The van der Waals surface area contributed by atoms with E-state index in [0.717, 1.165) is 5.56 Å². The summed E-state index contributed by atoms with van der Waals surface area (Å²) in [6.45, 7) is 0.214. The molecule has 0 spiro atoms. The van der Waals surface area contributed by atoms with E-state index in [-0.39, 0.29) is 18.0 Å². The molecule has 0 aromatic heterocycles. The third-order valence-electron chi connectivity index (χ3n) is 4.36. The van der Waals surface area contributed by atoms with Gasteiger partial charge in [0.2, 0.25) is 0 Å².